The molecule has 2 saturated heterocycles. The molecular formula is C25H31FN4O3S. The number of hydrogen-bond donors (Lipinski definition) is 0. The highest BCUT2D eigenvalue weighted by atomic mass is 32.2. The van der Waals surface area contributed by atoms with E-state index in [1.807, 2.05) is 17.3 Å². The molecule has 0 bridgehead atoms. The average molecular weight is 487 g/mol. The maximum atomic E-state index is 14.8. The minimum Gasteiger partial charge on any atom is -0.341 e. The van der Waals surface area contributed by atoms with Crippen LogP contribution >= 0.6 is 0 Å². The first kappa shape index (κ1) is 23.2. The number of sulfone groups is 1. The first-order valence-electron chi connectivity index (χ1n) is 12.3. The summed E-state index contributed by atoms with van der Waals surface area (Å²) in [4.78, 5) is 26.6. The van der Waals surface area contributed by atoms with Crippen LogP contribution in [0.15, 0.2) is 29.4 Å². The van der Waals surface area contributed by atoms with E-state index in [1.165, 1.54) is 0 Å². The summed E-state index contributed by atoms with van der Waals surface area (Å²) in [6.07, 6.45) is 8.77. The number of aromatic nitrogens is 2. The topological polar surface area (TPSA) is 83.5 Å². The molecular weight excluding hydrogens is 455 g/mol. The molecule has 0 saturated carbocycles. The van der Waals surface area contributed by atoms with Crippen LogP contribution in [0.4, 0.5) is 10.3 Å². The monoisotopic (exact) mass is 486 g/mol. The van der Waals surface area contributed by atoms with E-state index >= 15 is 0 Å². The van der Waals surface area contributed by atoms with Crippen molar-refractivity contribution in [3.8, 4) is 0 Å². The average Bonchev–Trinajstić information content (AvgIpc) is 3.14. The Kier molecular flexibility index (Phi) is 6.31. The fourth-order valence-corrected chi connectivity index (χ4v) is 7.06. The van der Waals surface area contributed by atoms with E-state index in [1.54, 1.807) is 6.07 Å². The van der Waals surface area contributed by atoms with E-state index in [2.05, 4.69) is 21.8 Å². The molecule has 5 rings (SSSR count). The molecule has 0 N–H and O–H groups in total. The molecule has 0 spiro atoms. The number of carbonyl (C=O) groups excluding carboxylic acids is 1. The van der Waals surface area contributed by atoms with Crippen molar-refractivity contribution in [1.29, 1.82) is 0 Å². The Morgan fingerprint density at radius 2 is 1.82 bits per heavy atom. The Balaban J connectivity index is 1.23. The summed E-state index contributed by atoms with van der Waals surface area (Å²) in [5.74, 6) is 0.0978. The molecule has 3 aliphatic heterocycles. The van der Waals surface area contributed by atoms with Crippen LogP contribution < -0.4 is 4.90 Å². The Labute approximate surface area is 200 Å². The van der Waals surface area contributed by atoms with Crippen molar-refractivity contribution >= 4 is 21.7 Å². The van der Waals surface area contributed by atoms with Crippen LogP contribution in [0, 0.1) is 11.7 Å². The van der Waals surface area contributed by atoms with Crippen molar-refractivity contribution < 1.29 is 17.6 Å². The first-order chi connectivity index (χ1) is 16.4. The summed E-state index contributed by atoms with van der Waals surface area (Å²) < 4.78 is 38.9. The zero-order chi connectivity index (χ0) is 23.9. The number of halogens is 1. The van der Waals surface area contributed by atoms with Gasteiger partial charge in [-0.05, 0) is 67.7 Å². The fourth-order valence-electron chi connectivity index (χ4n) is 5.51. The van der Waals surface area contributed by atoms with E-state index in [0.717, 1.165) is 69.3 Å². The van der Waals surface area contributed by atoms with Crippen LogP contribution in [0.5, 0.6) is 0 Å². The lowest BCUT2D eigenvalue weighted by Crippen LogP contribution is -2.52. The molecule has 1 atom stereocenters. The van der Waals surface area contributed by atoms with Crippen molar-refractivity contribution in [1.82, 2.24) is 14.9 Å². The molecule has 182 valence electrons. The van der Waals surface area contributed by atoms with Gasteiger partial charge in [-0.3, -0.25) is 4.79 Å². The highest BCUT2D eigenvalue weighted by Crippen LogP contribution is 2.32. The molecule has 2 fully saturated rings. The number of aryl methyl sites for hydroxylation is 2. The predicted molar refractivity (Wildman–Crippen MR) is 127 cm³/mol. The van der Waals surface area contributed by atoms with Crippen LogP contribution in [0.1, 0.15) is 49.3 Å². The Morgan fingerprint density at radius 3 is 2.53 bits per heavy atom. The second kappa shape index (κ2) is 9.24. The summed E-state index contributed by atoms with van der Waals surface area (Å²) in [5.41, 5.74) is 2.25. The van der Waals surface area contributed by atoms with Gasteiger partial charge < -0.3 is 9.80 Å². The van der Waals surface area contributed by atoms with Crippen LogP contribution in [0.25, 0.3) is 0 Å². The number of likely N-dealkylation sites (tertiary alicyclic amines) is 1. The number of nitrogens with zero attached hydrogens (tertiary/aromatic N) is 4. The molecule has 34 heavy (non-hydrogen) atoms. The summed E-state index contributed by atoms with van der Waals surface area (Å²) >= 11 is 0. The summed E-state index contributed by atoms with van der Waals surface area (Å²) in [7, 11) is -3.37. The highest BCUT2D eigenvalue weighted by Gasteiger charge is 2.36. The SMILES string of the molecule is CCc1cnc(N2CCC(N3CCCC(Cc4cc5c(cc4F)S(=O)(=O)CC5)C3=O)CC2)nc1. The number of rotatable bonds is 5. The predicted octanol–water partition coefficient (Wildman–Crippen LogP) is 2.96. The van der Waals surface area contributed by atoms with Crippen LogP contribution in [-0.2, 0) is 33.9 Å². The Morgan fingerprint density at radius 1 is 1.09 bits per heavy atom. The zero-order valence-electron chi connectivity index (χ0n) is 19.5. The molecule has 3 aliphatic rings. The van der Waals surface area contributed by atoms with Crippen molar-refractivity contribution in [3.63, 3.8) is 0 Å². The second-order valence-electron chi connectivity index (χ2n) is 9.66. The van der Waals surface area contributed by atoms with E-state index in [9.17, 15) is 17.6 Å². The van der Waals surface area contributed by atoms with Crippen molar-refractivity contribution in [3.05, 3.63) is 47.0 Å². The molecule has 0 radical (unpaired) electrons. The smallest absolute Gasteiger partial charge is 0.226 e. The molecule has 0 aliphatic carbocycles. The third kappa shape index (κ3) is 4.42. The van der Waals surface area contributed by atoms with E-state index in [0.29, 0.717) is 24.0 Å². The third-order valence-electron chi connectivity index (χ3n) is 7.54. The normalized spacial score (nSPS) is 22.8. The lowest BCUT2D eigenvalue weighted by molar-refractivity contribution is -0.141. The standard InChI is InChI=1S/C25H31FN4O3S/c1-2-17-15-27-25(28-16-17)29-9-5-21(6-10-29)30-8-3-4-19(24(30)31)13-20-12-18-7-11-34(32,33)23(18)14-22(20)26/h12,14-16,19,21H,2-11,13H2,1H3. The molecule has 2 aromatic rings. The Bertz CT molecular complexity index is 1180. The lowest BCUT2D eigenvalue weighted by Gasteiger charge is -2.42. The fraction of sp³-hybridized carbons (Fsp3) is 0.560. The number of hydrogen-bond acceptors (Lipinski definition) is 6. The minimum absolute atomic E-state index is 0.0356. The van der Waals surface area contributed by atoms with Gasteiger partial charge in [0.2, 0.25) is 11.9 Å². The maximum absolute atomic E-state index is 14.8. The van der Waals surface area contributed by atoms with Gasteiger partial charge in [0.15, 0.2) is 9.84 Å². The first-order valence-corrected chi connectivity index (χ1v) is 13.9. The highest BCUT2D eigenvalue weighted by molar-refractivity contribution is 7.91. The van der Waals surface area contributed by atoms with Crippen LogP contribution in [-0.4, -0.2) is 60.6 Å². The quantitative estimate of drug-likeness (QED) is 0.646. The van der Waals surface area contributed by atoms with Crippen LogP contribution in [0.2, 0.25) is 0 Å². The molecule has 1 aromatic heterocycles. The van der Waals surface area contributed by atoms with Crippen molar-refractivity contribution in [2.24, 2.45) is 5.92 Å². The molecule has 4 heterocycles. The van der Waals surface area contributed by atoms with Gasteiger partial charge in [-0.2, -0.15) is 0 Å². The van der Waals surface area contributed by atoms with Gasteiger partial charge in [-0.15, -0.1) is 0 Å². The Hall–Kier alpha value is -2.55. The summed E-state index contributed by atoms with van der Waals surface area (Å²) in [6.45, 7) is 4.43. The summed E-state index contributed by atoms with van der Waals surface area (Å²) in [5, 5.41) is 0. The van der Waals surface area contributed by atoms with Gasteiger partial charge in [0, 0.05) is 44.0 Å². The molecule has 1 aromatic carbocycles. The van der Waals surface area contributed by atoms with Gasteiger partial charge in [0.25, 0.3) is 0 Å². The molecule has 7 nitrogen and oxygen atoms in total. The molecule has 1 unspecified atom stereocenters. The second-order valence-corrected chi connectivity index (χ2v) is 11.7. The lowest BCUT2D eigenvalue weighted by atomic mass is 9.87. The maximum Gasteiger partial charge on any atom is 0.226 e. The molecule has 9 heteroatoms. The van der Waals surface area contributed by atoms with Gasteiger partial charge in [0.1, 0.15) is 5.82 Å². The van der Waals surface area contributed by atoms with E-state index in [-0.39, 0.29) is 28.5 Å². The van der Waals surface area contributed by atoms with E-state index < -0.39 is 15.7 Å². The van der Waals surface area contributed by atoms with Gasteiger partial charge in [-0.1, -0.05) is 13.0 Å². The van der Waals surface area contributed by atoms with Gasteiger partial charge >= 0.3 is 0 Å². The van der Waals surface area contributed by atoms with Crippen molar-refractivity contribution in [2.75, 3.05) is 30.3 Å². The summed E-state index contributed by atoms with van der Waals surface area (Å²) in [6, 6.07) is 3.00. The number of benzene rings is 1. The third-order valence-corrected chi connectivity index (χ3v) is 9.33. The van der Waals surface area contributed by atoms with Crippen LogP contribution in [0.3, 0.4) is 0 Å². The largest absolute Gasteiger partial charge is 0.341 e. The molecule has 1 amide bonds. The van der Waals surface area contributed by atoms with Crippen molar-refractivity contribution in [2.45, 2.75) is 62.8 Å². The number of fused-ring (bicyclic) bond motifs is 1. The van der Waals surface area contributed by atoms with E-state index in [4.69, 9.17) is 0 Å². The van der Waals surface area contributed by atoms with Gasteiger partial charge in [0.05, 0.1) is 10.6 Å². The number of amides is 1. The number of anilines is 1. The van der Waals surface area contributed by atoms with Gasteiger partial charge in [-0.25, -0.2) is 22.8 Å². The number of carbonyl (C=O) groups is 1. The number of piperidine rings is 2. The zero-order valence-corrected chi connectivity index (χ0v) is 20.4. The minimum atomic E-state index is -3.37.